The summed E-state index contributed by atoms with van der Waals surface area (Å²) in [5.74, 6) is -2.67. The molecule has 0 aliphatic carbocycles. The minimum absolute atomic E-state index is 0.0906. The molecule has 0 saturated heterocycles. The van der Waals surface area contributed by atoms with Crippen molar-refractivity contribution in [1.29, 1.82) is 0 Å². The molecule has 1 atom stereocenters. The number of hydrogen-bond donors (Lipinski definition) is 2. The van der Waals surface area contributed by atoms with E-state index in [-0.39, 0.29) is 30.5 Å². The summed E-state index contributed by atoms with van der Waals surface area (Å²) in [7, 11) is 0. The molecule has 37 heavy (non-hydrogen) atoms. The Morgan fingerprint density at radius 3 is 2.54 bits per heavy atom. The predicted octanol–water partition coefficient (Wildman–Crippen LogP) is 3.58. The van der Waals surface area contributed by atoms with Crippen LogP contribution in [0.25, 0.3) is 16.9 Å². The Morgan fingerprint density at radius 2 is 1.84 bits per heavy atom. The van der Waals surface area contributed by atoms with Crippen LogP contribution in [0.5, 0.6) is 5.88 Å². The van der Waals surface area contributed by atoms with Crippen molar-refractivity contribution < 1.29 is 23.1 Å². The van der Waals surface area contributed by atoms with Crippen molar-refractivity contribution in [2.45, 2.75) is 25.3 Å². The van der Waals surface area contributed by atoms with Crippen LogP contribution in [0.1, 0.15) is 18.4 Å². The zero-order valence-corrected chi connectivity index (χ0v) is 19.8. The highest BCUT2D eigenvalue weighted by molar-refractivity contribution is 5.86. The number of amides is 2. The fourth-order valence-corrected chi connectivity index (χ4v) is 3.67. The molecule has 0 unspecified atom stereocenters. The van der Waals surface area contributed by atoms with Gasteiger partial charge >= 0.3 is 0 Å². The van der Waals surface area contributed by atoms with Crippen LogP contribution in [-0.4, -0.2) is 39.2 Å². The molecule has 4 aromatic rings. The maximum absolute atomic E-state index is 13.9. The average Bonchev–Trinajstić information content (AvgIpc) is 3.33. The van der Waals surface area contributed by atoms with Crippen LogP contribution in [0.4, 0.5) is 8.78 Å². The number of aromatic nitrogens is 3. The summed E-state index contributed by atoms with van der Waals surface area (Å²) >= 11 is 0. The molecule has 190 valence electrons. The third kappa shape index (κ3) is 6.75. The fourth-order valence-electron chi connectivity index (χ4n) is 3.67. The topological polar surface area (TPSA) is 112 Å². The summed E-state index contributed by atoms with van der Waals surface area (Å²) < 4.78 is 34.5. The number of hydrogen-bond acceptors (Lipinski definition) is 5. The van der Waals surface area contributed by atoms with Gasteiger partial charge in [0.1, 0.15) is 6.04 Å². The molecule has 2 amide bonds. The molecule has 0 bridgehead atoms. The lowest BCUT2D eigenvalue weighted by atomic mass is 10.1. The van der Waals surface area contributed by atoms with Gasteiger partial charge in [0.05, 0.1) is 18.0 Å². The summed E-state index contributed by atoms with van der Waals surface area (Å²) in [6.07, 6.45) is 3.96. The van der Waals surface area contributed by atoms with Gasteiger partial charge in [-0.1, -0.05) is 30.3 Å². The number of pyridine rings is 1. The van der Waals surface area contributed by atoms with Crippen LogP contribution in [0, 0.1) is 11.6 Å². The van der Waals surface area contributed by atoms with E-state index in [0.717, 1.165) is 17.7 Å². The molecule has 2 aromatic carbocycles. The van der Waals surface area contributed by atoms with Gasteiger partial charge in [-0.2, -0.15) is 5.10 Å². The van der Waals surface area contributed by atoms with E-state index in [4.69, 9.17) is 10.5 Å². The van der Waals surface area contributed by atoms with Crippen molar-refractivity contribution in [3.63, 3.8) is 0 Å². The number of ether oxygens (including phenoxy) is 1. The Labute approximate surface area is 212 Å². The van der Waals surface area contributed by atoms with E-state index in [0.29, 0.717) is 24.1 Å². The minimum atomic E-state index is -1.02. The Hall–Kier alpha value is -4.60. The highest BCUT2D eigenvalue weighted by atomic mass is 19.2. The molecule has 0 spiro atoms. The predicted molar refractivity (Wildman–Crippen MR) is 133 cm³/mol. The van der Waals surface area contributed by atoms with Gasteiger partial charge in [0, 0.05) is 42.9 Å². The van der Waals surface area contributed by atoms with Gasteiger partial charge in [-0.05, 0) is 36.2 Å². The second-order valence-corrected chi connectivity index (χ2v) is 8.28. The van der Waals surface area contributed by atoms with Crippen LogP contribution in [-0.2, 0) is 16.0 Å². The molecular weight excluding hydrogens is 480 g/mol. The van der Waals surface area contributed by atoms with Crippen molar-refractivity contribution in [3.8, 4) is 22.8 Å². The number of nitrogens with zero attached hydrogens (tertiary/aromatic N) is 3. The highest BCUT2D eigenvalue weighted by Gasteiger charge is 2.19. The molecule has 0 radical (unpaired) electrons. The number of benzene rings is 2. The summed E-state index contributed by atoms with van der Waals surface area (Å²) in [6, 6.07) is 17.1. The molecular formula is C27H25F2N5O3. The van der Waals surface area contributed by atoms with Gasteiger partial charge < -0.3 is 15.8 Å². The van der Waals surface area contributed by atoms with Gasteiger partial charge in [-0.25, -0.2) is 13.5 Å². The molecule has 10 heteroatoms. The lowest BCUT2D eigenvalue weighted by Crippen LogP contribution is -2.45. The number of carbonyl (C=O) groups excluding carboxylic acids is 2. The maximum Gasteiger partial charge on any atom is 0.240 e. The van der Waals surface area contributed by atoms with E-state index >= 15 is 0 Å². The molecule has 0 fully saturated rings. The van der Waals surface area contributed by atoms with E-state index in [1.165, 1.54) is 10.7 Å². The van der Waals surface area contributed by atoms with Crippen LogP contribution < -0.4 is 15.8 Å². The summed E-state index contributed by atoms with van der Waals surface area (Å²) in [4.78, 5) is 28.3. The molecule has 0 aliphatic rings. The largest absolute Gasteiger partial charge is 0.478 e. The van der Waals surface area contributed by atoms with Crippen molar-refractivity contribution in [3.05, 3.63) is 96.3 Å². The van der Waals surface area contributed by atoms with Gasteiger partial charge in [-0.15, -0.1) is 0 Å². The zero-order chi connectivity index (χ0) is 26.2. The van der Waals surface area contributed by atoms with Gasteiger partial charge in [0.25, 0.3) is 0 Å². The second-order valence-electron chi connectivity index (χ2n) is 8.28. The number of carbonyl (C=O) groups is 2. The molecule has 0 aliphatic heterocycles. The van der Waals surface area contributed by atoms with Crippen molar-refractivity contribution in [2.24, 2.45) is 5.73 Å². The lowest BCUT2D eigenvalue weighted by Gasteiger charge is -2.15. The van der Waals surface area contributed by atoms with Crippen molar-refractivity contribution in [2.75, 3.05) is 6.61 Å². The highest BCUT2D eigenvalue weighted by Crippen LogP contribution is 2.27. The first-order chi connectivity index (χ1) is 17.9. The third-order valence-corrected chi connectivity index (χ3v) is 5.54. The first kappa shape index (κ1) is 25.5. The molecule has 3 N–H and O–H groups in total. The van der Waals surface area contributed by atoms with Crippen LogP contribution in [0.3, 0.4) is 0 Å². The van der Waals surface area contributed by atoms with Crippen LogP contribution in [0.15, 0.2) is 79.1 Å². The van der Waals surface area contributed by atoms with Crippen LogP contribution >= 0.6 is 0 Å². The fraction of sp³-hybridized carbons (Fsp3) is 0.185. The van der Waals surface area contributed by atoms with Crippen molar-refractivity contribution >= 4 is 11.8 Å². The normalized spacial score (nSPS) is 11.6. The zero-order valence-electron chi connectivity index (χ0n) is 19.8. The summed E-state index contributed by atoms with van der Waals surface area (Å²) in [5.41, 5.74) is 7.85. The SMILES string of the molecule is NC(=O)[C@H](Cc1ccccc1)NC(=O)CCCOc1cc(-c2cccnc2)nn1-c1ccc(F)c(F)c1. The lowest BCUT2D eigenvalue weighted by molar-refractivity contribution is -0.127. The molecule has 2 heterocycles. The van der Waals surface area contributed by atoms with Gasteiger partial charge in [-0.3, -0.25) is 14.6 Å². The Kier molecular flexibility index (Phi) is 8.19. The molecule has 4 rings (SSSR count). The first-order valence-electron chi connectivity index (χ1n) is 11.6. The molecule has 0 saturated carbocycles. The Morgan fingerprint density at radius 1 is 1.03 bits per heavy atom. The smallest absolute Gasteiger partial charge is 0.240 e. The number of primary amides is 1. The summed E-state index contributed by atoms with van der Waals surface area (Å²) in [5, 5.41) is 7.13. The second kappa shape index (κ2) is 11.9. The van der Waals surface area contributed by atoms with E-state index < -0.39 is 23.6 Å². The standard InChI is InChI=1S/C27H25F2N5O3/c28-21-11-10-20(15-22(21)29)34-26(16-23(33-34)19-8-4-12-31-17-19)37-13-5-9-25(35)32-24(27(30)36)14-18-6-2-1-3-7-18/h1-4,6-8,10-12,15-17,24H,5,9,13-14H2,(H2,30,36)(H,32,35)/t24-/m0/s1. The van der Waals surface area contributed by atoms with E-state index in [1.807, 2.05) is 36.4 Å². The quantitative estimate of drug-likeness (QED) is 0.303. The van der Waals surface area contributed by atoms with E-state index in [9.17, 15) is 18.4 Å². The summed E-state index contributed by atoms with van der Waals surface area (Å²) in [6.45, 7) is 0.134. The van der Waals surface area contributed by atoms with Gasteiger partial charge in [0.2, 0.25) is 17.7 Å². The number of rotatable bonds is 11. The van der Waals surface area contributed by atoms with E-state index in [2.05, 4.69) is 15.4 Å². The monoisotopic (exact) mass is 505 g/mol. The Bertz CT molecular complexity index is 1360. The van der Waals surface area contributed by atoms with Crippen LogP contribution in [0.2, 0.25) is 0 Å². The number of halogens is 2. The Balaban J connectivity index is 1.40. The van der Waals surface area contributed by atoms with E-state index in [1.54, 1.807) is 24.5 Å². The third-order valence-electron chi connectivity index (χ3n) is 5.54. The molecule has 8 nitrogen and oxygen atoms in total. The number of nitrogens with two attached hydrogens (primary N) is 1. The maximum atomic E-state index is 13.9. The number of nitrogens with one attached hydrogen (secondary N) is 1. The van der Waals surface area contributed by atoms with Gasteiger partial charge in [0.15, 0.2) is 11.6 Å². The molecule has 2 aromatic heterocycles. The first-order valence-corrected chi connectivity index (χ1v) is 11.6. The van der Waals surface area contributed by atoms with Crippen molar-refractivity contribution in [1.82, 2.24) is 20.1 Å². The minimum Gasteiger partial charge on any atom is -0.478 e. The average molecular weight is 506 g/mol.